The van der Waals surface area contributed by atoms with E-state index in [9.17, 15) is 0 Å². The van der Waals surface area contributed by atoms with Gasteiger partial charge in [0.2, 0.25) is 11.8 Å². The second-order valence-electron chi connectivity index (χ2n) is 6.49. The number of rotatable bonds is 6. The Kier molecular flexibility index (Phi) is 5.40. The van der Waals surface area contributed by atoms with Crippen LogP contribution in [0, 0.1) is 0 Å². The van der Waals surface area contributed by atoms with E-state index in [4.69, 9.17) is 16.0 Å². The summed E-state index contributed by atoms with van der Waals surface area (Å²) in [5.74, 6) is 0.978. The number of hydrogen-bond acceptors (Lipinski definition) is 4. The van der Waals surface area contributed by atoms with Crippen LogP contribution in [0.1, 0.15) is 30.0 Å². The molecule has 4 rings (SSSR count). The highest BCUT2D eigenvalue weighted by molar-refractivity contribution is 6.30. The number of anilines is 1. The summed E-state index contributed by atoms with van der Waals surface area (Å²) >= 11 is 6.23. The summed E-state index contributed by atoms with van der Waals surface area (Å²) in [5, 5.41) is 12.7. The molecule has 0 amide bonds. The average Bonchev–Trinajstić information content (AvgIpc) is 3.23. The second-order valence-corrected chi connectivity index (χ2v) is 6.93. The summed E-state index contributed by atoms with van der Waals surface area (Å²) in [6.45, 7) is 2.14. The van der Waals surface area contributed by atoms with Crippen LogP contribution >= 0.6 is 11.6 Å². The highest BCUT2D eigenvalue weighted by Crippen LogP contribution is 2.29. The maximum Gasteiger partial charge on any atom is 0.247 e. The van der Waals surface area contributed by atoms with Crippen molar-refractivity contribution in [1.29, 1.82) is 0 Å². The molecule has 0 unspecified atom stereocenters. The van der Waals surface area contributed by atoms with Gasteiger partial charge in [-0.2, -0.15) is 0 Å². The van der Waals surface area contributed by atoms with Crippen LogP contribution < -0.4 is 5.32 Å². The number of halogens is 1. The molecule has 0 fully saturated rings. The van der Waals surface area contributed by atoms with E-state index in [-0.39, 0.29) is 6.04 Å². The van der Waals surface area contributed by atoms with Gasteiger partial charge >= 0.3 is 0 Å². The maximum atomic E-state index is 6.23. The molecular formula is C23H20ClN3O. The van der Waals surface area contributed by atoms with Crippen molar-refractivity contribution in [2.75, 3.05) is 5.32 Å². The van der Waals surface area contributed by atoms with E-state index >= 15 is 0 Å². The summed E-state index contributed by atoms with van der Waals surface area (Å²) in [6.07, 6.45) is 1.00. The summed E-state index contributed by atoms with van der Waals surface area (Å²) < 4.78 is 6.02. The first-order valence-corrected chi connectivity index (χ1v) is 9.60. The molecule has 0 aliphatic carbocycles. The molecule has 0 aliphatic heterocycles. The van der Waals surface area contributed by atoms with Gasteiger partial charge in [-0.25, -0.2) is 0 Å². The fraction of sp³-hybridized carbons (Fsp3) is 0.130. The third-order valence-corrected chi connectivity index (χ3v) is 4.80. The van der Waals surface area contributed by atoms with E-state index in [0.29, 0.717) is 16.8 Å². The molecule has 1 N–H and O–H groups in total. The lowest BCUT2D eigenvalue weighted by Gasteiger charge is -2.17. The number of nitrogens with zero attached hydrogens (tertiary/aromatic N) is 2. The highest BCUT2D eigenvalue weighted by Gasteiger charge is 2.22. The van der Waals surface area contributed by atoms with E-state index in [1.807, 2.05) is 54.6 Å². The number of aryl methyl sites for hydroxylation is 1. The van der Waals surface area contributed by atoms with Crippen molar-refractivity contribution in [3.63, 3.8) is 0 Å². The van der Waals surface area contributed by atoms with Crippen molar-refractivity contribution in [3.05, 3.63) is 101 Å². The van der Waals surface area contributed by atoms with Crippen LogP contribution in [0.2, 0.25) is 5.02 Å². The summed E-state index contributed by atoms with van der Waals surface area (Å²) in [5.41, 5.74) is 4.10. The first-order valence-electron chi connectivity index (χ1n) is 9.22. The quantitative estimate of drug-likeness (QED) is 0.429. The first-order chi connectivity index (χ1) is 13.7. The molecule has 5 heteroatoms. The van der Waals surface area contributed by atoms with Crippen LogP contribution in [0.5, 0.6) is 0 Å². The van der Waals surface area contributed by atoms with Crippen molar-refractivity contribution in [2.45, 2.75) is 19.4 Å². The van der Waals surface area contributed by atoms with Gasteiger partial charge in [0, 0.05) is 16.3 Å². The Morgan fingerprint density at radius 3 is 2.43 bits per heavy atom. The van der Waals surface area contributed by atoms with Crippen molar-refractivity contribution in [3.8, 4) is 11.5 Å². The Bertz CT molecular complexity index is 1040. The molecule has 1 atom stereocenters. The van der Waals surface area contributed by atoms with Crippen LogP contribution in [0.4, 0.5) is 5.69 Å². The van der Waals surface area contributed by atoms with Crippen LogP contribution in [-0.2, 0) is 6.42 Å². The predicted octanol–water partition coefficient (Wildman–Crippen LogP) is 6.15. The minimum atomic E-state index is -0.309. The smallest absolute Gasteiger partial charge is 0.247 e. The first kappa shape index (κ1) is 18.3. The molecule has 0 saturated carbocycles. The summed E-state index contributed by atoms with van der Waals surface area (Å²) in [6, 6.07) is 25.4. The molecular weight excluding hydrogens is 370 g/mol. The standard InChI is InChI=1S/C23H20ClN3O/c1-2-16-11-13-20(14-12-16)25-21(18-9-6-10-19(24)15-18)23-27-26-22(28-23)17-7-4-3-5-8-17/h3-15,21,25H,2H2,1H3/t21-/m0/s1. The van der Waals surface area contributed by atoms with Gasteiger partial charge in [0.15, 0.2) is 0 Å². The zero-order chi connectivity index (χ0) is 19.3. The van der Waals surface area contributed by atoms with Crippen LogP contribution in [0.25, 0.3) is 11.5 Å². The predicted molar refractivity (Wildman–Crippen MR) is 112 cm³/mol. The van der Waals surface area contributed by atoms with Gasteiger partial charge in [0.25, 0.3) is 0 Å². The maximum absolute atomic E-state index is 6.23. The monoisotopic (exact) mass is 389 g/mol. The second kappa shape index (κ2) is 8.28. The minimum absolute atomic E-state index is 0.309. The number of benzene rings is 3. The SMILES string of the molecule is CCc1ccc(N[C@@H](c2cccc(Cl)c2)c2nnc(-c3ccccc3)o2)cc1. The average molecular weight is 390 g/mol. The molecule has 0 spiro atoms. The molecule has 28 heavy (non-hydrogen) atoms. The Morgan fingerprint density at radius 2 is 1.71 bits per heavy atom. The number of hydrogen-bond donors (Lipinski definition) is 1. The number of aromatic nitrogens is 2. The minimum Gasteiger partial charge on any atom is -0.418 e. The van der Waals surface area contributed by atoms with Crippen molar-refractivity contribution >= 4 is 17.3 Å². The van der Waals surface area contributed by atoms with Gasteiger partial charge in [0.1, 0.15) is 6.04 Å². The Balaban J connectivity index is 1.69. The normalized spacial score (nSPS) is 11.9. The van der Waals surface area contributed by atoms with E-state index in [1.165, 1.54) is 5.56 Å². The van der Waals surface area contributed by atoms with Crippen LogP contribution in [0.3, 0.4) is 0 Å². The van der Waals surface area contributed by atoms with E-state index in [1.54, 1.807) is 0 Å². The fourth-order valence-corrected chi connectivity index (χ4v) is 3.22. The third-order valence-electron chi connectivity index (χ3n) is 4.56. The number of nitrogens with one attached hydrogen (secondary N) is 1. The molecule has 4 aromatic rings. The molecule has 140 valence electrons. The lowest BCUT2D eigenvalue weighted by Crippen LogP contribution is -2.13. The summed E-state index contributed by atoms with van der Waals surface area (Å²) in [4.78, 5) is 0. The van der Waals surface area contributed by atoms with E-state index < -0.39 is 0 Å². The molecule has 0 radical (unpaired) electrons. The van der Waals surface area contributed by atoms with Gasteiger partial charge < -0.3 is 9.73 Å². The molecule has 1 heterocycles. The van der Waals surface area contributed by atoms with Gasteiger partial charge in [-0.3, -0.25) is 0 Å². The van der Waals surface area contributed by atoms with Gasteiger partial charge in [0.05, 0.1) is 0 Å². The third kappa shape index (κ3) is 4.07. The Labute approximate surface area is 169 Å². The zero-order valence-corrected chi connectivity index (χ0v) is 16.2. The van der Waals surface area contributed by atoms with Crippen molar-refractivity contribution < 1.29 is 4.42 Å². The van der Waals surface area contributed by atoms with Gasteiger partial charge in [-0.05, 0) is 53.9 Å². The molecule has 4 nitrogen and oxygen atoms in total. The highest BCUT2D eigenvalue weighted by atomic mass is 35.5. The molecule has 0 saturated heterocycles. The molecule has 1 aromatic heterocycles. The van der Waals surface area contributed by atoms with Crippen molar-refractivity contribution in [2.24, 2.45) is 0 Å². The Morgan fingerprint density at radius 1 is 0.929 bits per heavy atom. The molecule has 3 aromatic carbocycles. The van der Waals surface area contributed by atoms with E-state index in [2.05, 4.69) is 46.7 Å². The fourth-order valence-electron chi connectivity index (χ4n) is 3.03. The van der Waals surface area contributed by atoms with E-state index in [0.717, 1.165) is 23.2 Å². The van der Waals surface area contributed by atoms with Gasteiger partial charge in [-0.15, -0.1) is 10.2 Å². The molecule has 0 bridgehead atoms. The van der Waals surface area contributed by atoms with Crippen molar-refractivity contribution in [1.82, 2.24) is 10.2 Å². The zero-order valence-electron chi connectivity index (χ0n) is 15.5. The largest absolute Gasteiger partial charge is 0.418 e. The lowest BCUT2D eigenvalue weighted by atomic mass is 10.1. The lowest BCUT2D eigenvalue weighted by molar-refractivity contribution is 0.494. The van der Waals surface area contributed by atoms with Crippen LogP contribution in [-0.4, -0.2) is 10.2 Å². The summed E-state index contributed by atoms with van der Waals surface area (Å²) in [7, 11) is 0. The Hall–Kier alpha value is -3.11. The molecule has 0 aliphatic rings. The van der Waals surface area contributed by atoms with Gasteiger partial charge in [-0.1, -0.05) is 61.0 Å². The topological polar surface area (TPSA) is 51.0 Å². The van der Waals surface area contributed by atoms with Crippen LogP contribution in [0.15, 0.2) is 83.3 Å².